The topological polar surface area (TPSA) is 84.9 Å². The normalized spacial score (nSPS) is 14.3. The highest BCUT2D eigenvalue weighted by atomic mass is 32.2. The van der Waals surface area contributed by atoms with E-state index in [0.29, 0.717) is 42.3 Å². The summed E-state index contributed by atoms with van der Waals surface area (Å²) in [7, 11) is -0.259. The van der Waals surface area contributed by atoms with Gasteiger partial charge in [-0.2, -0.15) is 4.31 Å². The lowest BCUT2D eigenvalue weighted by Gasteiger charge is -2.27. The predicted molar refractivity (Wildman–Crippen MR) is 103 cm³/mol. The van der Waals surface area contributed by atoms with E-state index in [0.717, 1.165) is 11.1 Å². The number of fused-ring (bicyclic) bond motifs is 1. The van der Waals surface area contributed by atoms with Crippen LogP contribution in [-0.4, -0.2) is 45.7 Å². The molecular formula is C19H22N2O5S. The molecule has 2 aromatic rings. The van der Waals surface area contributed by atoms with Crippen LogP contribution in [0, 0.1) is 0 Å². The minimum absolute atomic E-state index is 0.306. The Kier molecular flexibility index (Phi) is 5.38. The predicted octanol–water partition coefficient (Wildman–Crippen LogP) is 2.27. The van der Waals surface area contributed by atoms with Crippen molar-refractivity contribution in [3.05, 3.63) is 53.1 Å². The number of nitrogens with zero attached hydrogens (tertiary/aromatic N) is 1. The van der Waals surface area contributed by atoms with Crippen molar-refractivity contribution in [3.8, 4) is 11.5 Å². The van der Waals surface area contributed by atoms with Gasteiger partial charge in [-0.05, 0) is 41.8 Å². The number of ether oxygens (including phenoxy) is 2. The van der Waals surface area contributed by atoms with E-state index >= 15 is 0 Å². The van der Waals surface area contributed by atoms with Crippen LogP contribution in [0.5, 0.6) is 11.5 Å². The summed E-state index contributed by atoms with van der Waals surface area (Å²) in [6.45, 7) is 0.777. The van der Waals surface area contributed by atoms with Gasteiger partial charge in [-0.25, -0.2) is 8.42 Å². The van der Waals surface area contributed by atoms with Gasteiger partial charge in [0.15, 0.2) is 11.5 Å². The first-order valence-corrected chi connectivity index (χ1v) is 10.3. The molecule has 144 valence electrons. The quantitative estimate of drug-likeness (QED) is 0.847. The second kappa shape index (κ2) is 7.58. The van der Waals surface area contributed by atoms with E-state index < -0.39 is 10.0 Å². The van der Waals surface area contributed by atoms with Crippen LogP contribution in [0.4, 0.5) is 5.69 Å². The zero-order chi connectivity index (χ0) is 19.6. The van der Waals surface area contributed by atoms with Gasteiger partial charge in [0.2, 0.25) is 10.0 Å². The SMILES string of the molecule is COc1cccc(C(=O)Nc2ccc3c(c2)CN(S(C)(=O)=O)CC3)c1OC. The Morgan fingerprint density at radius 3 is 2.56 bits per heavy atom. The van der Waals surface area contributed by atoms with Gasteiger partial charge in [-0.3, -0.25) is 4.79 Å². The lowest BCUT2D eigenvalue weighted by atomic mass is 10.0. The minimum atomic E-state index is -3.25. The van der Waals surface area contributed by atoms with Crippen molar-refractivity contribution in [2.75, 3.05) is 32.3 Å². The molecule has 3 rings (SSSR count). The molecule has 0 radical (unpaired) electrons. The molecule has 2 aromatic carbocycles. The number of sulfonamides is 1. The molecule has 0 saturated heterocycles. The van der Waals surface area contributed by atoms with Gasteiger partial charge in [0.1, 0.15) is 0 Å². The summed E-state index contributed by atoms with van der Waals surface area (Å²) in [6.07, 6.45) is 1.86. The third-order valence-corrected chi connectivity index (χ3v) is 5.81. The molecule has 0 bridgehead atoms. The minimum Gasteiger partial charge on any atom is -0.493 e. The Labute approximate surface area is 158 Å². The van der Waals surface area contributed by atoms with Crippen molar-refractivity contribution in [2.45, 2.75) is 13.0 Å². The van der Waals surface area contributed by atoms with Gasteiger partial charge < -0.3 is 14.8 Å². The second-order valence-corrected chi connectivity index (χ2v) is 8.31. The van der Waals surface area contributed by atoms with E-state index in [4.69, 9.17) is 9.47 Å². The average molecular weight is 390 g/mol. The highest BCUT2D eigenvalue weighted by molar-refractivity contribution is 7.88. The van der Waals surface area contributed by atoms with Crippen LogP contribution < -0.4 is 14.8 Å². The number of carbonyl (C=O) groups excluding carboxylic acids is 1. The summed E-state index contributed by atoms with van der Waals surface area (Å²) >= 11 is 0. The summed E-state index contributed by atoms with van der Waals surface area (Å²) in [5.74, 6) is 0.500. The zero-order valence-corrected chi connectivity index (χ0v) is 16.3. The zero-order valence-electron chi connectivity index (χ0n) is 15.5. The number of nitrogens with one attached hydrogen (secondary N) is 1. The fourth-order valence-corrected chi connectivity index (χ4v) is 3.95. The number of methoxy groups -OCH3 is 2. The molecule has 8 heteroatoms. The monoisotopic (exact) mass is 390 g/mol. The van der Waals surface area contributed by atoms with Gasteiger partial charge in [-0.1, -0.05) is 12.1 Å². The smallest absolute Gasteiger partial charge is 0.259 e. The third kappa shape index (κ3) is 4.06. The van der Waals surface area contributed by atoms with Crippen LogP contribution in [0.15, 0.2) is 36.4 Å². The lowest BCUT2D eigenvalue weighted by molar-refractivity contribution is 0.102. The van der Waals surface area contributed by atoms with E-state index in [9.17, 15) is 13.2 Å². The number of hydrogen-bond acceptors (Lipinski definition) is 5. The van der Waals surface area contributed by atoms with Gasteiger partial charge >= 0.3 is 0 Å². The fraction of sp³-hybridized carbons (Fsp3) is 0.316. The number of anilines is 1. The molecule has 27 heavy (non-hydrogen) atoms. The molecule has 1 heterocycles. The molecule has 7 nitrogen and oxygen atoms in total. The molecule has 1 aliphatic rings. The molecule has 0 unspecified atom stereocenters. The largest absolute Gasteiger partial charge is 0.493 e. The van der Waals surface area contributed by atoms with E-state index in [2.05, 4.69) is 5.32 Å². The average Bonchev–Trinajstić information content (AvgIpc) is 2.65. The summed E-state index contributed by atoms with van der Waals surface area (Å²) < 4.78 is 35.6. The molecule has 1 amide bonds. The molecular weight excluding hydrogens is 368 g/mol. The standard InChI is InChI=1S/C19H22N2O5S/c1-25-17-6-4-5-16(18(17)26-2)19(22)20-15-8-7-13-9-10-21(27(3,23)24)12-14(13)11-15/h4-8,11H,9-10,12H2,1-3H3,(H,20,22). The van der Waals surface area contributed by atoms with E-state index in [1.54, 1.807) is 18.2 Å². The first kappa shape index (κ1) is 19.2. The molecule has 1 aliphatic heterocycles. The Morgan fingerprint density at radius 2 is 1.89 bits per heavy atom. The van der Waals surface area contributed by atoms with E-state index in [-0.39, 0.29) is 5.91 Å². The number of carbonyl (C=O) groups is 1. The van der Waals surface area contributed by atoms with Crippen LogP contribution in [0.3, 0.4) is 0 Å². The maximum atomic E-state index is 12.7. The first-order chi connectivity index (χ1) is 12.8. The molecule has 1 N–H and O–H groups in total. The highest BCUT2D eigenvalue weighted by Gasteiger charge is 2.23. The van der Waals surface area contributed by atoms with Crippen LogP contribution in [0.25, 0.3) is 0 Å². The van der Waals surface area contributed by atoms with Crippen LogP contribution >= 0.6 is 0 Å². The molecule has 0 aromatic heterocycles. The first-order valence-electron chi connectivity index (χ1n) is 8.42. The van der Waals surface area contributed by atoms with Crippen molar-refractivity contribution in [1.29, 1.82) is 0 Å². The van der Waals surface area contributed by atoms with Crippen molar-refractivity contribution in [3.63, 3.8) is 0 Å². The number of para-hydroxylation sites is 1. The number of hydrogen-bond donors (Lipinski definition) is 1. The second-order valence-electron chi connectivity index (χ2n) is 6.33. The third-order valence-electron chi connectivity index (χ3n) is 4.56. The van der Waals surface area contributed by atoms with Crippen molar-refractivity contribution in [1.82, 2.24) is 4.31 Å². The van der Waals surface area contributed by atoms with Crippen molar-refractivity contribution in [2.24, 2.45) is 0 Å². The van der Waals surface area contributed by atoms with Crippen molar-refractivity contribution >= 4 is 21.6 Å². The van der Waals surface area contributed by atoms with Crippen LogP contribution in [-0.2, 0) is 23.0 Å². The maximum absolute atomic E-state index is 12.7. The van der Waals surface area contributed by atoms with Crippen LogP contribution in [0.1, 0.15) is 21.5 Å². The van der Waals surface area contributed by atoms with Crippen LogP contribution in [0.2, 0.25) is 0 Å². The Hall–Kier alpha value is -2.58. The van der Waals surface area contributed by atoms with Gasteiger partial charge in [0, 0.05) is 18.8 Å². The fourth-order valence-electron chi connectivity index (χ4n) is 3.16. The van der Waals surface area contributed by atoms with E-state index in [1.807, 2.05) is 18.2 Å². The summed E-state index contributed by atoms with van der Waals surface area (Å²) in [6, 6.07) is 10.6. The number of rotatable bonds is 5. The molecule has 0 atom stereocenters. The molecule has 0 saturated carbocycles. The molecule has 0 spiro atoms. The summed E-state index contributed by atoms with van der Waals surface area (Å²) in [5, 5.41) is 2.85. The Bertz CT molecular complexity index is 972. The van der Waals surface area contributed by atoms with Gasteiger partial charge in [0.05, 0.1) is 26.0 Å². The molecule has 0 fully saturated rings. The maximum Gasteiger partial charge on any atom is 0.259 e. The van der Waals surface area contributed by atoms with E-state index in [1.165, 1.54) is 24.8 Å². The Balaban J connectivity index is 1.84. The number of benzene rings is 2. The van der Waals surface area contributed by atoms with Gasteiger partial charge in [0.25, 0.3) is 5.91 Å². The number of amides is 1. The van der Waals surface area contributed by atoms with Crippen molar-refractivity contribution < 1.29 is 22.7 Å². The van der Waals surface area contributed by atoms with Gasteiger partial charge in [-0.15, -0.1) is 0 Å². The highest BCUT2D eigenvalue weighted by Crippen LogP contribution is 2.31. The summed E-state index contributed by atoms with van der Waals surface area (Å²) in [4.78, 5) is 12.7. The summed E-state index contributed by atoms with van der Waals surface area (Å²) in [5.41, 5.74) is 2.93. The lowest BCUT2D eigenvalue weighted by Crippen LogP contribution is -2.35. The molecule has 0 aliphatic carbocycles. The Morgan fingerprint density at radius 1 is 1.11 bits per heavy atom.